The minimum Gasteiger partial charge on any atom is -0.379 e. The molecule has 194 valence electrons. The number of likely N-dealkylation sites (N-methyl/N-ethyl adjacent to an activating group) is 3. The highest BCUT2D eigenvalue weighted by Crippen LogP contribution is 2.47. The van der Waals surface area contributed by atoms with Gasteiger partial charge in [-0.1, -0.05) is 18.2 Å². The van der Waals surface area contributed by atoms with Crippen molar-refractivity contribution in [3.05, 3.63) is 81.7 Å². The van der Waals surface area contributed by atoms with Crippen LogP contribution in [0, 0.1) is 6.92 Å². The fraction of sp³-hybridized carbons (Fsp3) is 0.276. The van der Waals surface area contributed by atoms with Crippen LogP contribution in [0.5, 0.6) is 0 Å². The quantitative estimate of drug-likeness (QED) is 0.399. The number of thiophene rings is 1. The average Bonchev–Trinajstić information content (AvgIpc) is 3.51. The van der Waals surface area contributed by atoms with Crippen molar-refractivity contribution in [2.24, 2.45) is 0 Å². The van der Waals surface area contributed by atoms with Gasteiger partial charge in [-0.15, -0.1) is 11.3 Å². The molecule has 4 aromatic rings. The highest BCUT2D eigenvalue weighted by atomic mass is 32.1. The number of amides is 2. The Morgan fingerprint density at radius 2 is 1.84 bits per heavy atom. The lowest BCUT2D eigenvalue weighted by atomic mass is 9.98. The fourth-order valence-corrected chi connectivity index (χ4v) is 6.73. The summed E-state index contributed by atoms with van der Waals surface area (Å²) in [5, 5.41) is 9.68. The lowest BCUT2D eigenvalue weighted by Gasteiger charge is -2.36. The first-order valence-electron chi connectivity index (χ1n) is 12.6. The van der Waals surface area contributed by atoms with Crippen LogP contribution in [0.2, 0.25) is 0 Å². The molecule has 2 amide bonds. The standard InChI is InChI=1S/C29H30N6O2S/c1-18-17-38-26(25(18)31-16-19-11-12-30-23-8-6-5-7-21(19)23)27(36)32-20-9-10-24-22(15-20)29(28(37)35(24)4)33(2)13-14-34(29)3/h5-12,15,17,31H,13-14,16H2,1-4H3,(H,32,36). The summed E-state index contributed by atoms with van der Waals surface area (Å²) in [6, 6.07) is 15.8. The molecule has 4 heterocycles. The van der Waals surface area contributed by atoms with Gasteiger partial charge in [-0.3, -0.25) is 24.4 Å². The van der Waals surface area contributed by atoms with Crippen LogP contribution in [0.1, 0.15) is 26.4 Å². The van der Waals surface area contributed by atoms with Gasteiger partial charge in [0.25, 0.3) is 11.8 Å². The van der Waals surface area contributed by atoms with Crippen molar-refractivity contribution in [1.82, 2.24) is 14.8 Å². The Kier molecular flexibility index (Phi) is 5.94. The summed E-state index contributed by atoms with van der Waals surface area (Å²) in [7, 11) is 5.77. The monoisotopic (exact) mass is 526 g/mol. The molecule has 0 unspecified atom stereocenters. The zero-order valence-electron chi connectivity index (χ0n) is 21.9. The maximum Gasteiger partial charge on any atom is 0.267 e. The van der Waals surface area contributed by atoms with E-state index >= 15 is 0 Å². The van der Waals surface area contributed by atoms with E-state index in [4.69, 9.17) is 0 Å². The van der Waals surface area contributed by atoms with Crippen molar-refractivity contribution in [2.75, 3.05) is 49.8 Å². The largest absolute Gasteiger partial charge is 0.379 e. The first-order chi connectivity index (χ1) is 18.3. The van der Waals surface area contributed by atoms with E-state index < -0.39 is 5.66 Å². The van der Waals surface area contributed by atoms with Gasteiger partial charge in [0.05, 0.1) is 16.9 Å². The lowest BCUT2D eigenvalue weighted by molar-refractivity contribution is -0.134. The van der Waals surface area contributed by atoms with Gasteiger partial charge in [0.2, 0.25) is 0 Å². The number of anilines is 3. The topological polar surface area (TPSA) is 80.8 Å². The summed E-state index contributed by atoms with van der Waals surface area (Å²) in [6.45, 7) is 4.17. The number of carbonyl (C=O) groups is 2. The lowest BCUT2D eigenvalue weighted by Crippen LogP contribution is -2.54. The summed E-state index contributed by atoms with van der Waals surface area (Å²) in [4.78, 5) is 37.9. The summed E-state index contributed by atoms with van der Waals surface area (Å²) in [6.07, 6.45) is 1.81. The van der Waals surface area contributed by atoms with E-state index in [2.05, 4.69) is 31.5 Å². The Balaban J connectivity index is 1.27. The molecular weight excluding hydrogens is 496 g/mol. The zero-order chi connectivity index (χ0) is 26.6. The Hall–Kier alpha value is -3.79. The van der Waals surface area contributed by atoms with Crippen LogP contribution in [-0.2, 0) is 17.0 Å². The van der Waals surface area contributed by atoms with Crippen molar-refractivity contribution < 1.29 is 9.59 Å². The molecule has 0 bridgehead atoms. The Morgan fingerprint density at radius 3 is 2.63 bits per heavy atom. The second kappa shape index (κ2) is 9.20. The van der Waals surface area contributed by atoms with Crippen molar-refractivity contribution in [3.8, 4) is 0 Å². The predicted molar refractivity (Wildman–Crippen MR) is 153 cm³/mol. The number of hydrogen-bond acceptors (Lipinski definition) is 7. The van der Waals surface area contributed by atoms with Crippen LogP contribution in [0.15, 0.2) is 60.1 Å². The number of rotatable bonds is 5. The van der Waals surface area contributed by atoms with Crippen LogP contribution in [0.4, 0.5) is 17.1 Å². The van der Waals surface area contributed by atoms with Crippen molar-refractivity contribution in [3.63, 3.8) is 0 Å². The van der Waals surface area contributed by atoms with Crippen molar-refractivity contribution in [1.29, 1.82) is 0 Å². The first-order valence-corrected chi connectivity index (χ1v) is 13.5. The van der Waals surface area contributed by atoms with E-state index in [0.29, 0.717) is 17.1 Å². The average molecular weight is 527 g/mol. The van der Waals surface area contributed by atoms with Gasteiger partial charge in [-0.25, -0.2) is 0 Å². The highest BCUT2D eigenvalue weighted by Gasteiger charge is 2.58. The minimum absolute atomic E-state index is 0.0301. The van der Waals surface area contributed by atoms with Gasteiger partial charge in [-0.2, -0.15) is 0 Å². The molecule has 1 fully saturated rings. The van der Waals surface area contributed by atoms with E-state index in [0.717, 1.165) is 52.1 Å². The fourth-order valence-electron chi connectivity index (χ4n) is 5.81. The Bertz CT molecular complexity index is 1570. The van der Waals surface area contributed by atoms with E-state index in [-0.39, 0.29) is 11.8 Å². The number of benzene rings is 2. The predicted octanol–water partition coefficient (Wildman–Crippen LogP) is 4.48. The summed E-state index contributed by atoms with van der Waals surface area (Å²) in [5.74, 6) is -0.146. The smallest absolute Gasteiger partial charge is 0.267 e. The number of pyridine rings is 1. The number of nitrogens with zero attached hydrogens (tertiary/aromatic N) is 4. The van der Waals surface area contributed by atoms with Crippen LogP contribution < -0.4 is 15.5 Å². The molecule has 9 heteroatoms. The van der Waals surface area contributed by atoms with Crippen LogP contribution in [-0.4, -0.2) is 60.8 Å². The summed E-state index contributed by atoms with van der Waals surface area (Å²) >= 11 is 1.42. The van der Waals surface area contributed by atoms with Crippen LogP contribution in [0.25, 0.3) is 10.9 Å². The van der Waals surface area contributed by atoms with Gasteiger partial charge in [0, 0.05) is 49.5 Å². The number of carbonyl (C=O) groups excluding carboxylic acids is 2. The maximum absolute atomic E-state index is 13.5. The molecule has 2 aromatic heterocycles. The zero-order valence-corrected chi connectivity index (χ0v) is 22.7. The number of para-hydroxylation sites is 1. The number of fused-ring (bicyclic) bond motifs is 3. The first kappa shape index (κ1) is 24.5. The molecule has 2 N–H and O–H groups in total. The number of aromatic nitrogens is 1. The normalized spacial score (nSPS) is 16.9. The third-order valence-corrected chi connectivity index (χ3v) is 8.94. The molecule has 0 atom stereocenters. The molecule has 1 spiro atoms. The van der Waals surface area contributed by atoms with Gasteiger partial charge >= 0.3 is 0 Å². The van der Waals surface area contributed by atoms with Crippen LogP contribution >= 0.6 is 11.3 Å². The number of aryl methyl sites for hydroxylation is 1. The molecule has 1 saturated heterocycles. The van der Waals surface area contributed by atoms with Gasteiger partial charge in [-0.05, 0) is 67.9 Å². The molecular formula is C29H30N6O2S. The van der Waals surface area contributed by atoms with Gasteiger partial charge < -0.3 is 15.5 Å². The van der Waals surface area contributed by atoms with E-state index in [1.54, 1.807) is 4.90 Å². The highest BCUT2D eigenvalue weighted by molar-refractivity contribution is 7.13. The molecule has 2 aliphatic rings. The molecule has 6 rings (SSSR count). The molecule has 0 saturated carbocycles. The maximum atomic E-state index is 13.5. The number of hydrogen-bond donors (Lipinski definition) is 2. The Morgan fingerprint density at radius 1 is 1.08 bits per heavy atom. The molecule has 8 nitrogen and oxygen atoms in total. The SMILES string of the molecule is Cc1csc(C(=O)Nc2ccc3c(c2)C2(C(=O)N3C)N(C)CCN2C)c1NCc1ccnc2ccccc12. The minimum atomic E-state index is -0.843. The van der Waals surface area contributed by atoms with Gasteiger partial charge in [0.15, 0.2) is 5.66 Å². The second-order valence-electron chi connectivity index (χ2n) is 10.0. The van der Waals surface area contributed by atoms with Crippen LogP contribution in [0.3, 0.4) is 0 Å². The van der Waals surface area contributed by atoms with E-state index in [1.165, 1.54) is 11.3 Å². The third kappa shape index (κ3) is 3.61. The Labute approximate surface area is 225 Å². The molecule has 0 radical (unpaired) electrons. The summed E-state index contributed by atoms with van der Waals surface area (Å²) in [5.41, 5.74) is 5.51. The summed E-state index contributed by atoms with van der Waals surface area (Å²) < 4.78 is 0. The number of nitrogens with one attached hydrogen (secondary N) is 2. The van der Waals surface area contributed by atoms with Crippen molar-refractivity contribution in [2.45, 2.75) is 19.1 Å². The second-order valence-corrected chi connectivity index (χ2v) is 10.9. The van der Waals surface area contributed by atoms with E-state index in [1.807, 2.05) is 82.1 Å². The van der Waals surface area contributed by atoms with E-state index in [9.17, 15) is 9.59 Å². The molecule has 2 aromatic carbocycles. The van der Waals surface area contributed by atoms with Gasteiger partial charge in [0.1, 0.15) is 4.88 Å². The molecule has 38 heavy (non-hydrogen) atoms. The molecule has 0 aliphatic carbocycles. The third-order valence-electron chi connectivity index (χ3n) is 7.85. The molecule has 2 aliphatic heterocycles. The van der Waals surface area contributed by atoms with Crippen molar-refractivity contribution >= 4 is 51.1 Å².